The Morgan fingerprint density at radius 3 is 2.60 bits per heavy atom. The number of furan rings is 1. The molecule has 7 heteroatoms. The van der Waals surface area contributed by atoms with Gasteiger partial charge in [0.1, 0.15) is 17.6 Å². The van der Waals surface area contributed by atoms with Crippen LogP contribution >= 0.6 is 0 Å². The maximum atomic E-state index is 13.0. The molecule has 1 unspecified atom stereocenters. The van der Waals surface area contributed by atoms with Gasteiger partial charge in [-0.05, 0) is 61.9 Å². The number of aliphatic carboxylic acids is 1. The topological polar surface area (TPSA) is 97.4 Å². The van der Waals surface area contributed by atoms with Crippen molar-refractivity contribution in [1.29, 1.82) is 0 Å². The van der Waals surface area contributed by atoms with Gasteiger partial charge in [-0.1, -0.05) is 46.0 Å². The van der Waals surface area contributed by atoms with E-state index in [1.165, 1.54) is 19.3 Å². The molecule has 1 atom stereocenters. The van der Waals surface area contributed by atoms with Gasteiger partial charge in [0.25, 0.3) is 5.91 Å². The third kappa shape index (κ3) is 5.95. The second-order valence-corrected chi connectivity index (χ2v) is 9.77. The number of imidazole rings is 1. The predicted octanol–water partition coefficient (Wildman–Crippen LogP) is 6.12. The molecule has 0 bridgehead atoms. The lowest BCUT2D eigenvalue weighted by Crippen LogP contribution is -2.41. The maximum Gasteiger partial charge on any atom is 0.326 e. The van der Waals surface area contributed by atoms with Gasteiger partial charge in [0.05, 0.1) is 23.7 Å². The number of rotatable bonds is 11. The van der Waals surface area contributed by atoms with Crippen molar-refractivity contribution in [3.8, 4) is 0 Å². The minimum atomic E-state index is -0.978. The van der Waals surface area contributed by atoms with Crippen molar-refractivity contribution in [3.63, 3.8) is 0 Å². The van der Waals surface area contributed by atoms with Crippen molar-refractivity contribution in [2.24, 2.45) is 5.92 Å². The smallest absolute Gasteiger partial charge is 0.326 e. The van der Waals surface area contributed by atoms with Gasteiger partial charge in [0, 0.05) is 11.6 Å². The largest absolute Gasteiger partial charge is 0.480 e. The lowest BCUT2D eigenvalue weighted by atomic mass is 9.85. The third-order valence-corrected chi connectivity index (χ3v) is 7.44. The molecular weight excluding hydrogens is 442 g/mol. The predicted molar refractivity (Wildman–Crippen MR) is 136 cm³/mol. The highest BCUT2D eigenvalue weighted by Gasteiger charge is 2.24. The highest BCUT2D eigenvalue weighted by molar-refractivity contribution is 5.99. The number of carbonyl (C=O) groups is 2. The number of nitrogens with zero attached hydrogens (tertiary/aromatic N) is 2. The lowest BCUT2D eigenvalue weighted by Gasteiger charge is -2.23. The van der Waals surface area contributed by atoms with Crippen LogP contribution in [-0.2, 0) is 11.2 Å². The highest BCUT2D eigenvalue weighted by atomic mass is 16.4. The summed E-state index contributed by atoms with van der Waals surface area (Å²) < 4.78 is 7.81. The zero-order valence-electron chi connectivity index (χ0n) is 20.8. The molecule has 1 fully saturated rings. The van der Waals surface area contributed by atoms with Crippen molar-refractivity contribution in [2.45, 2.75) is 90.1 Å². The zero-order valence-corrected chi connectivity index (χ0v) is 20.8. The van der Waals surface area contributed by atoms with Crippen LogP contribution in [0.1, 0.15) is 99.6 Å². The number of amides is 1. The molecule has 2 N–H and O–H groups in total. The molecule has 3 aromatic rings. The Morgan fingerprint density at radius 2 is 1.94 bits per heavy atom. The Balaban J connectivity index is 1.54. The number of hydrogen-bond acceptors (Lipinski definition) is 4. The Hall–Kier alpha value is -3.09. The molecule has 2 heterocycles. The van der Waals surface area contributed by atoms with Gasteiger partial charge in [-0.15, -0.1) is 0 Å². The first-order valence-corrected chi connectivity index (χ1v) is 13.1. The standard InChI is InChI=1S/C28H37N3O4/c1-3-21(4-2)31-25-15-13-20(17-24(25)29-26(31)18-22-11-8-16-35-22)27(32)30-23(28(33)34)14-12-19-9-6-5-7-10-19/h8,11,13,15-17,19,21,23H,3-7,9-10,12,14,18H2,1-2H3,(H,30,32)(H,33,34). The molecule has 35 heavy (non-hydrogen) atoms. The summed E-state index contributed by atoms with van der Waals surface area (Å²) in [4.78, 5) is 29.7. The Kier molecular flexibility index (Phi) is 8.26. The SMILES string of the molecule is CCC(CC)n1c(Cc2ccco2)nc2cc(C(=O)NC(CCC3CCCCC3)C(=O)O)ccc21. The number of nitrogens with one attached hydrogen (secondary N) is 1. The molecule has 1 saturated carbocycles. The van der Waals surface area contributed by atoms with E-state index in [-0.39, 0.29) is 5.91 Å². The minimum Gasteiger partial charge on any atom is -0.480 e. The van der Waals surface area contributed by atoms with Crippen LogP contribution in [-0.4, -0.2) is 32.6 Å². The summed E-state index contributed by atoms with van der Waals surface area (Å²) in [5.74, 6) is 0.965. The number of carboxylic acids is 1. The quantitative estimate of drug-likeness (QED) is 0.345. The molecule has 4 rings (SSSR count). The van der Waals surface area contributed by atoms with Crippen LogP contribution in [0.25, 0.3) is 11.0 Å². The fourth-order valence-corrected chi connectivity index (χ4v) is 5.42. The average Bonchev–Trinajstić information content (AvgIpc) is 3.50. The third-order valence-electron chi connectivity index (χ3n) is 7.44. The van der Waals surface area contributed by atoms with E-state index in [4.69, 9.17) is 9.40 Å². The summed E-state index contributed by atoms with van der Waals surface area (Å²) >= 11 is 0. The van der Waals surface area contributed by atoms with Gasteiger partial charge in [0.15, 0.2) is 0 Å². The van der Waals surface area contributed by atoms with Crippen molar-refractivity contribution in [3.05, 3.63) is 53.7 Å². The van der Waals surface area contributed by atoms with E-state index in [9.17, 15) is 14.7 Å². The summed E-state index contributed by atoms with van der Waals surface area (Å²) in [6.07, 6.45) is 11.5. The fraction of sp³-hybridized carbons (Fsp3) is 0.536. The van der Waals surface area contributed by atoms with Crippen molar-refractivity contribution in [2.75, 3.05) is 0 Å². The highest BCUT2D eigenvalue weighted by Crippen LogP contribution is 2.29. The summed E-state index contributed by atoms with van der Waals surface area (Å²) in [5, 5.41) is 12.5. The summed E-state index contributed by atoms with van der Waals surface area (Å²) in [6, 6.07) is 8.70. The molecule has 0 spiro atoms. The Bertz CT molecular complexity index is 1120. The van der Waals surface area contributed by atoms with E-state index in [0.717, 1.165) is 54.7 Å². The normalized spacial score (nSPS) is 15.5. The first-order chi connectivity index (χ1) is 17.0. The van der Waals surface area contributed by atoms with Gasteiger partial charge in [-0.25, -0.2) is 9.78 Å². The van der Waals surface area contributed by atoms with Gasteiger partial charge in [-0.2, -0.15) is 0 Å². The molecule has 1 amide bonds. The van der Waals surface area contributed by atoms with Crippen LogP contribution < -0.4 is 5.32 Å². The van der Waals surface area contributed by atoms with Gasteiger partial charge < -0.3 is 19.4 Å². The molecule has 1 aromatic carbocycles. The van der Waals surface area contributed by atoms with E-state index in [2.05, 4.69) is 23.7 Å². The number of fused-ring (bicyclic) bond motifs is 1. The number of benzene rings is 1. The average molecular weight is 480 g/mol. The molecule has 1 aliphatic carbocycles. The monoisotopic (exact) mass is 479 g/mol. The lowest BCUT2D eigenvalue weighted by molar-refractivity contribution is -0.139. The van der Waals surface area contributed by atoms with Crippen LogP contribution in [0.5, 0.6) is 0 Å². The molecule has 2 aromatic heterocycles. The molecule has 0 saturated heterocycles. The number of carbonyl (C=O) groups excluding carboxylic acids is 1. The van der Waals surface area contributed by atoms with Crippen LogP contribution in [0.4, 0.5) is 0 Å². The molecule has 188 valence electrons. The van der Waals surface area contributed by atoms with E-state index in [0.29, 0.717) is 30.4 Å². The minimum absolute atomic E-state index is 0.292. The fourth-order valence-electron chi connectivity index (χ4n) is 5.42. The van der Waals surface area contributed by atoms with E-state index < -0.39 is 12.0 Å². The Morgan fingerprint density at radius 1 is 1.17 bits per heavy atom. The second-order valence-electron chi connectivity index (χ2n) is 9.77. The van der Waals surface area contributed by atoms with Crippen molar-refractivity contribution >= 4 is 22.9 Å². The molecule has 1 aliphatic rings. The van der Waals surface area contributed by atoms with E-state index in [1.807, 2.05) is 18.2 Å². The van der Waals surface area contributed by atoms with Crippen LogP contribution in [0.3, 0.4) is 0 Å². The van der Waals surface area contributed by atoms with Crippen LogP contribution in [0.15, 0.2) is 41.0 Å². The second kappa shape index (κ2) is 11.6. The van der Waals surface area contributed by atoms with Crippen molar-refractivity contribution < 1.29 is 19.1 Å². The van der Waals surface area contributed by atoms with Crippen molar-refractivity contribution in [1.82, 2.24) is 14.9 Å². The van der Waals surface area contributed by atoms with E-state index in [1.54, 1.807) is 18.4 Å². The first kappa shape index (κ1) is 25.0. The van der Waals surface area contributed by atoms with E-state index >= 15 is 0 Å². The number of hydrogen-bond donors (Lipinski definition) is 2. The molecule has 0 radical (unpaired) electrons. The van der Waals surface area contributed by atoms with Gasteiger partial charge in [0.2, 0.25) is 0 Å². The summed E-state index contributed by atoms with van der Waals surface area (Å²) in [6.45, 7) is 4.33. The molecule has 0 aliphatic heterocycles. The van der Waals surface area contributed by atoms with Gasteiger partial charge in [-0.3, -0.25) is 4.79 Å². The van der Waals surface area contributed by atoms with Crippen LogP contribution in [0.2, 0.25) is 0 Å². The van der Waals surface area contributed by atoms with Crippen LogP contribution in [0, 0.1) is 5.92 Å². The maximum absolute atomic E-state index is 13.0. The zero-order chi connectivity index (χ0) is 24.8. The Labute approximate surface area is 206 Å². The first-order valence-electron chi connectivity index (χ1n) is 13.1. The summed E-state index contributed by atoms with van der Waals surface area (Å²) in [7, 11) is 0. The summed E-state index contributed by atoms with van der Waals surface area (Å²) in [5.41, 5.74) is 2.14. The number of carboxylic acid groups (broad SMARTS) is 1. The van der Waals surface area contributed by atoms with Gasteiger partial charge >= 0.3 is 5.97 Å². The number of aromatic nitrogens is 2. The molecule has 7 nitrogen and oxygen atoms in total. The molecular formula is C28H37N3O4.